The molecule has 1 aromatic heterocycles. The van der Waals surface area contributed by atoms with Gasteiger partial charge in [-0.25, -0.2) is 9.37 Å². The number of carbonyl (C=O) groups excluding carboxylic acids is 2. The minimum Gasteiger partial charge on any atom is -0.312 e. The lowest BCUT2D eigenvalue weighted by atomic mass is 10.1. The molecule has 2 aromatic carbocycles. The van der Waals surface area contributed by atoms with Crippen molar-refractivity contribution in [3.8, 4) is 0 Å². The number of rotatable bonds is 8. The van der Waals surface area contributed by atoms with Gasteiger partial charge in [0.1, 0.15) is 11.3 Å². The van der Waals surface area contributed by atoms with Gasteiger partial charge in [0.25, 0.3) is 0 Å². The molecule has 1 saturated heterocycles. The zero-order valence-corrected chi connectivity index (χ0v) is 19.1. The van der Waals surface area contributed by atoms with Crippen LogP contribution in [0.15, 0.2) is 48.5 Å². The summed E-state index contributed by atoms with van der Waals surface area (Å²) in [5.74, 6) is -1.05. The van der Waals surface area contributed by atoms with E-state index in [2.05, 4.69) is 23.7 Å². The number of carbonyl (C=O) groups is 2. The van der Waals surface area contributed by atoms with Gasteiger partial charge in [-0.15, -0.1) is 0 Å². The quantitative estimate of drug-likeness (QED) is 0.513. The van der Waals surface area contributed by atoms with Crippen molar-refractivity contribution < 1.29 is 14.0 Å². The van der Waals surface area contributed by atoms with E-state index in [1.807, 2.05) is 36.4 Å². The molecule has 6 nitrogen and oxygen atoms in total. The molecule has 32 heavy (non-hydrogen) atoms. The topological polar surface area (TPSA) is 56.8 Å². The van der Waals surface area contributed by atoms with E-state index in [1.165, 1.54) is 17.4 Å². The molecule has 1 atom stereocenters. The highest BCUT2D eigenvalue weighted by atomic mass is 32.1. The number of aromatic nitrogens is 1. The second kappa shape index (κ2) is 9.75. The van der Waals surface area contributed by atoms with E-state index in [9.17, 15) is 14.0 Å². The average molecular weight is 455 g/mol. The molecule has 0 bridgehead atoms. The Bertz CT molecular complexity index is 1100. The van der Waals surface area contributed by atoms with Crippen LogP contribution in [-0.2, 0) is 9.59 Å². The molecule has 0 saturated carbocycles. The molecule has 0 N–H and O–H groups in total. The summed E-state index contributed by atoms with van der Waals surface area (Å²) in [6.07, 6.45) is 0.161. The minimum atomic E-state index is -0.462. The predicted molar refractivity (Wildman–Crippen MR) is 127 cm³/mol. The summed E-state index contributed by atoms with van der Waals surface area (Å²) in [5.41, 5.74) is 1.08. The molecule has 0 spiro atoms. The Morgan fingerprint density at radius 3 is 2.56 bits per heavy atom. The number of halogens is 1. The van der Waals surface area contributed by atoms with Crippen molar-refractivity contribution in [2.45, 2.75) is 20.3 Å². The zero-order valence-electron chi connectivity index (χ0n) is 18.3. The Morgan fingerprint density at radius 2 is 1.88 bits per heavy atom. The fourth-order valence-electron chi connectivity index (χ4n) is 4.05. The van der Waals surface area contributed by atoms with Gasteiger partial charge in [0.15, 0.2) is 5.13 Å². The van der Waals surface area contributed by atoms with E-state index in [-0.39, 0.29) is 23.8 Å². The van der Waals surface area contributed by atoms with Crippen molar-refractivity contribution >= 4 is 44.2 Å². The van der Waals surface area contributed by atoms with Gasteiger partial charge in [-0.05, 0) is 37.4 Å². The summed E-state index contributed by atoms with van der Waals surface area (Å²) in [5, 5.41) is 0.480. The van der Waals surface area contributed by atoms with Gasteiger partial charge in [-0.2, -0.15) is 0 Å². The number of anilines is 2. The van der Waals surface area contributed by atoms with E-state index in [0.717, 1.165) is 18.8 Å². The first-order valence-corrected chi connectivity index (χ1v) is 11.8. The first kappa shape index (κ1) is 22.4. The number of benzene rings is 2. The number of fused-ring (bicyclic) bond motifs is 1. The largest absolute Gasteiger partial charge is 0.312 e. The maximum Gasteiger partial charge on any atom is 0.234 e. The lowest BCUT2D eigenvalue weighted by Gasteiger charge is -2.26. The molecule has 1 aliphatic rings. The summed E-state index contributed by atoms with van der Waals surface area (Å²) in [4.78, 5) is 36.3. The SMILES string of the molecule is CCN(CC)CCN(C(=O)C1CC(=O)N(c2ccccc2)C1)c1nc2c(F)cccc2s1. The highest BCUT2D eigenvalue weighted by molar-refractivity contribution is 7.22. The van der Waals surface area contributed by atoms with Crippen LogP contribution in [0.4, 0.5) is 15.2 Å². The van der Waals surface area contributed by atoms with E-state index >= 15 is 0 Å². The lowest BCUT2D eigenvalue weighted by Crippen LogP contribution is -2.42. The Hall–Kier alpha value is -2.84. The van der Waals surface area contributed by atoms with Gasteiger partial charge in [0, 0.05) is 31.7 Å². The summed E-state index contributed by atoms with van der Waals surface area (Å²) < 4.78 is 15.0. The van der Waals surface area contributed by atoms with Crippen LogP contribution in [0.1, 0.15) is 20.3 Å². The van der Waals surface area contributed by atoms with Crippen molar-refractivity contribution in [3.05, 3.63) is 54.3 Å². The van der Waals surface area contributed by atoms with Crippen LogP contribution in [-0.4, -0.2) is 54.4 Å². The number of thiazole rings is 1. The van der Waals surface area contributed by atoms with Crippen molar-refractivity contribution in [1.29, 1.82) is 0 Å². The number of hydrogen-bond donors (Lipinski definition) is 0. The van der Waals surface area contributed by atoms with Gasteiger partial charge in [-0.3, -0.25) is 14.5 Å². The monoisotopic (exact) mass is 454 g/mol. The summed E-state index contributed by atoms with van der Waals surface area (Å²) in [7, 11) is 0. The van der Waals surface area contributed by atoms with Crippen LogP contribution in [0.3, 0.4) is 0 Å². The molecule has 0 radical (unpaired) electrons. The predicted octanol–water partition coefficient (Wildman–Crippen LogP) is 4.16. The number of likely N-dealkylation sites (N-methyl/N-ethyl adjacent to an activating group) is 1. The molecule has 4 rings (SSSR count). The highest BCUT2D eigenvalue weighted by Crippen LogP contribution is 2.33. The molecular weight excluding hydrogens is 427 g/mol. The minimum absolute atomic E-state index is 0.0615. The second-order valence-corrected chi connectivity index (χ2v) is 8.85. The normalized spacial score (nSPS) is 16.3. The van der Waals surface area contributed by atoms with Crippen LogP contribution in [0, 0.1) is 11.7 Å². The van der Waals surface area contributed by atoms with Crippen LogP contribution in [0.2, 0.25) is 0 Å². The molecule has 0 aliphatic carbocycles. The van der Waals surface area contributed by atoms with E-state index < -0.39 is 11.7 Å². The highest BCUT2D eigenvalue weighted by Gasteiger charge is 2.38. The Kier molecular flexibility index (Phi) is 6.81. The smallest absolute Gasteiger partial charge is 0.234 e. The number of nitrogens with zero attached hydrogens (tertiary/aromatic N) is 4. The standard InChI is InChI=1S/C24H27FN4O2S/c1-3-27(4-2)13-14-28(24-26-22-19(25)11-8-12-20(22)32-24)23(31)17-15-21(30)29(16-17)18-9-6-5-7-10-18/h5-12,17H,3-4,13-16H2,1-2H3. The van der Waals surface area contributed by atoms with Gasteiger partial charge >= 0.3 is 0 Å². The molecule has 168 valence electrons. The third kappa shape index (κ3) is 4.52. The maximum absolute atomic E-state index is 14.3. The second-order valence-electron chi connectivity index (χ2n) is 7.84. The van der Waals surface area contributed by atoms with Crippen molar-refractivity contribution in [2.75, 3.05) is 42.5 Å². The van der Waals surface area contributed by atoms with Crippen molar-refractivity contribution in [2.24, 2.45) is 5.92 Å². The molecule has 8 heteroatoms. The molecule has 1 fully saturated rings. The molecule has 2 amide bonds. The maximum atomic E-state index is 14.3. The lowest BCUT2D eigenvalue weighted by molar-refractivity contribution is -0.124. The molecule has 1 unspecified atom stereocenters. The third-order valence-electron chi connectivity index (χ3n) is 5.93. The van der Waals surface area contributed by atoms with E-state index in [4.69, 9.17) is 0 Å². The fraction of sp³-hybridized carbons (Fsp3) is 0.375. The van der Waals surface area contributed by atoms with Crippen LogP contribution < -0.4 is 9.80 Å². The first-order chi connectivity index (χ1) is 15.5. The molecule has 1 aliphatic heterocycles. The third-order valence-corrected chi connectivity index (χ3v) is 6.98. The molecule has 3 aromatic rings. The van der Waals surface area contributed by atoms with E-state index in [1.54, 1.807) is 15.9 Å². The van der Waals surface area contributed by atoms with Gasteiger partial charge in [0.05, 0.1) is 10.6 Å². The summed E-state index contributed by atoms with van der Waals surface area (Å²) >= 11 is 1.31. The van der Waals surface area contributed by atoms with Crippen LogP contribution in [0.5, 0.6) is 0 Å². The Morgan fingerprint density at radius 1 is 1.12 bits per heavy atom. The Balaban J connectivity index is 1.61. The van der Waals surface area contributed by atoms with Crippen LogP contribution in [0.25, 0.3) is 10.2 Å². The molecule has 2 heterocycles. The average Bonchev–Trinajstić information content (AvgIpc) is 3.42. The zero-order chi connectivity index (χ0) is 22.7. The van der Waals surface area contributed by atoms with Crippen LogP contribution >= 0.6 is 11.3 Å². The van der Waals surface area contributed by atoms with Crippen molar-refractivity contribution in [3.63, 3.8) is 0 Å². The van der Waals surface area contributed by atoms with E-state index in [0.29, 0.717) is 29.5 Å². The van der Waals surface area contributed by atoms with Gasteiger partial charge in [0.2, 0.25) is 11.8 Å². The van der Waals surface area contributed by atoms with Crippen molar-refractivity contribution in [1.82, 2.24) is 9.88 Å². The number of amides is 2. The summed E-state index contributed by atoms with van der Waals surface area (Å²) in [6.45, 7) is 7.36. The van der Waals surface area contributed by atoms with Gasteiger partial charge < -0.3 is 9.80 Å². The Labute approximate surface area is 191 Å². The fourth-order valence-corrected chi connectivity index (χ4v) is 5.06. The summed E-state index contributed by atoms with van der Waals surface area (Å²) in [6, 6.07) is 14.2. The number of para-hydroxylation sites is 2. The first-order valence-electron chi connectivity index (χ1n) is 11.0. The molecular formula is C24H27FN4O2S. The van der Waals surface area contributed by atoms with Gasteiger partial charge in [-0.1, -0.05) is 49.4 Å². The number of hydrogen-bond acceptors (Lipinski definition) is 5.